The van der Waals surface area contributed by atoms with Gasteiger partial charge in [-0.15, -0.1) is 0 Å². The molecule has 1 amide bonds. The summed E-state index contributed by atoms with van der Waals surface area (Å²) < 4.78 is 9.50. The predicted octanol–water partition coefficient (Wildman–Crippen LogP) is 2.55. The first-order valence-electron chi connectivity index (χ1n) is 8.54. The lowest BCUT2D eigenvalue weighted by Crippen LogP contribution is -2.44. The number of carbonyl (C=O) groups is 4. The van der Waals surface area contributed by atoms with Gasteiger partial charge in [0.15, 0.2) is 12.4 Å². The van der Waals surface area contributed by atoms with E-state index in [1.54, 1.807) is 24.3 Å². The first-order valence-corrected chi connectivity index (χ1v) is 8.92. The number of ether oxygens (including phenoxy) is 2. The molecule has 0 radical (unpaired) electrons. The third-order valence-corrected chi connectivity index (χ3v) is 3.87. The SMILES string of the molecule is COC(=O)[C@@H](CC(C)C)NC(=O)COC(=O)CCC(=O)c1ccc(Cl)cc1. The maximum atomic E-state index is 12.0. The van der Waals surface area contributed by atoms with Gasteiger partial charge in [0.1, 0.15) is 6.04 Å². The number of benzene rings is 1. The van der Waals surface area contributed by atoms with E-state index in [2.05, 4.69) is 10.1 Å². The van der Waals surface area contributed by atoms with Gasteiger partial charge in [-0.25, -0.2) is 4.79 Å². The van der Waals surface area contributed by atoms with Gasteiger partial charge in [-0.05, 0) is 36.6 Å². The van der Waals surface area contributed by atoms with Crippen LogP contribution in [0.5, 0.6) is 0 Å². The number of hydrogen-bond acceptors (Lipinski definition) is 6. The van der Waals surface area contributed by atoms with E-state index in [4.69, 9.17) is 16.3 Å². The molecule has 0 aliphatic rings. The highest BCUT2D eigenvalue weighted by molar-refractivity contribution is 6.30. The van der Waals surface area contributed by atoms with Gasteiger partial charge in [0.05, 0.1) is 13.5 Å². The van der Waals surface area contributed by atoms with Crippen LogP contribution < -0.4 is 5.32 Å². The minimum absolute atomic E-state index is 0.0414. The van der Waals surface area contributed by atoms with Crippen molar-refractivity contribution in [1.29, 1.82) is 0 Å². The molecule has 148 valence electrons. The standard InChI is InChI=1S/C19H24ClNO6/c1-12(2)10-15(19(25)26-3)21-17(23)11-27-18(24)9-8-16(22)13-4-6-14(20)7-5-13/h4-7,12,15H,8-11H2,1-3H3,(H,21,23)/t15-/m1/s1. The maximum absolute atomic E-state index is 12.0. The highest BCUT2D eigenvalue weighted by atomic mass is 35.5. The Morgan fingerprint density at radius 1 is 1.07 bits per heavy atom. The van der Waals surface area contributed by atoms with E-state index in [0.29, 0.717) is 17.0 Å². The molecule has 0 fully saturated rings. The molecule has 1 rings (SSSR count). The molecule has 1 aromatic carbocycles. The summed E-state index contributed by atoms with van der Waals surface area (Å²) in [6, 6.07) is 5.53. The van der Waals surface area contributed by atoms with E-state index in [1.807, 2.05) is 13.8 Å². The van der Waals surface area contributed by atoms with Gasteiger partial charge < -0.3 is 14.8 Å². The zero-order chi connectivity index (χ0) is 20.4. The van der Waals surface area contributed by atoms with Gasteiger partial charge in [-0.3, -0.25) is 14.4 Å². The van der Waals surface area contributed by atoms with Crippen molar-refractivity contribution in [3.05, 3.63) is 34.9 Å². The van der Waals surface area contributed by atoms with Crippen LogP contribution in [0.3, 0.4) is 0 Å². The van der Waals surface area contributed by atoms with Crippen LogP contribution in [0.15, 0.2) is 24.3 Å². The van der Waals surface area contributed by atoms with E-state index in [-0.39, 0.29) is 24.5 Å². The van der Waals surface area contributed by atoms with Crippen LogP contribution in [0.25, 0.3) is 0 Å². The average molecular weight is 398 g/mol. The molecule has 0 saturated heterocycles. The quantitative estimate of drug-likeness (QED) is 0.481. The Labute approximate surface area is 163 Å². The van der Waals surface area contributed by atoms with Gasteiger partial charge in [0.2, 0.25) is 0 Å². The van der Waals surface area contributed by atoms with Crippen LogP contribution in [0.2, 0.25) is 5.02 Å². The molecule has 0 unspecified atom stereocenters. The van der Waals surface area contributed by atoms with Gasteiger partial charge >= 0.3 is 11.9 Å². The Morgan fingerprint density at radius 3 is 2.26 bits per heavy atom. The number of nitrogens with one attached hydrogen (secondary N) is 1. The lowest BCUT2D eigenvalue weighted by molar-refractivity contribution is -0.150. The van der Waals surface area contributed by atoms with Crippen molar-refractivity contribution in [1.82, 2.24) is 5.32 Å². The molecule has 0 bridgehead atoms. The minimum atomic E-state index is -0.798. The topological polar surface area (TPSA) is 98.8 Å². The van der Waals surface area contributed by atoms with E-state index in [0.717, 1.165) is 0 Å². The van der Waals surface area contributed by atoms with E-state index in [1.165, 1.54) is 7.11 Å². The highest BCUT2D eigenvalue weighted by Gasteiger charge is 2.23. The fourth-order valence-electron chi connectivity index (χ4n) is 2.28. The third kappa shape index (κ3) is 8.68. The number of Topliss-reactive ketones (excluding diaryl/α,β-unsaturated/α-hetero) is 1. The number of halogens is 1. The van der Waals surface area contributed by atoms with Crippen LogP contribution in [0.4, 0.5) is 0 Å². The van der Waals surface area contributed by atoms with Crippen LogP contribution in [0, 0.1) is 5.92 Å². The second-order valence-electron chi connectivity index (χ2n) is 6.36. The molecule has 1 aromatic rings. The van der Waals surface area contributed by atoms with Crippen molar-refractivity contribution in [2.24, 2.45) is 5.92 Å². The number of ketones is 1. The number of esters is 2. The average Bonchev–Trinajstić information content (AvgIpc) is 2.63. The lowest BCUT2D eigenvalue weighted by Gasteiger charge is -2.18. The van der Waals surface area contributed by atoms with Gasteiger partial charge in [-0.1, -0.05) is 25.4 Å². The monoisotopic (exact) mass is 397 g/mol. The van der Waals surface area contributed by atoms with Crippen molar-refractivity contribution in [3.8, 4) is 0 Å². The zero-order valence-electron chi connectivity index (χ0n) is 15.6. The lowest BCUT2D eigenvalue weighted by atomic mass is 10.0. The van der Waals surface area contributed by atoms with Crippen LogP contribution >= 0.6 is 11.6 Å². The Morgan fingerprint density at radius 2 is 1.70 bits per heavy atom. The van der Waals surface area contributed by atoms with Crippen molar-refractivity contribution in [2.75, 3.05) is 13.7 Å². The number of hydrogen-bond donors (Lipinski definition) is 1. The Bertz CT molecular complexity index is 671. The molecule has 0 spiro atoms. The predicted molar refractivity (Wildman–Crippen MR) is 99.4 cm³/mol. The normalized spacial score (nSPS) is 11.6. The molecular weight excluding hydrogens is 374 g/mol. The zero-order valence-corrected chi connectivity index (χ0v) is 16.4. The second kappa shape index (κ2) is 11.3. The summed E-state index contributed by atoms with van der Waals surface area (Å²) >= 11 is 5.75. The fourth-order valence-corrected chi connectivity index (χ4v) is 2.40. The fraction of sp³-hybridized carbons (Fsp3) is 0.474. The van der Waals surface area contributed by atoms with Crippen molar-refractivity contribution >= 4 is 35.2 Å². The summed E-state index contributed by atoms with van der Waals surface area (Å²) in [5.74, 6) is -1.90. The highest BCUT2D eigenvalue weighted by Crippen LogP contribution is 2.12. The van der Waals surface area contributed by atoms with E-state index < -0.39 is 30.5 Å². The van der Waals surface area contributed by atoms with Crippen LogP contribution in [0.1, 0.15) is 43.5 Å². The summed E-state index contributed by atoms with van der Waals surface area (Å²) in [5, 5.41) is 2.99. The Kier molecular flexibility index (Phi) is 9.50. The summed E-state index contributed by atoms with van der Waals surface area (Å²) in [6.07, 6.45) is 0.212. The number of carbonyl (C=O) groups excluding carboxylic acids is 4. The van der Waals surface area contributed by atoms with Crippen molar-refractivity contribution in [3.63, 3.8) is 0 Å². The smallest absolute Gasteiger partial charge is 0.328 e. The summed E-state index contributed by atoms with van der Waals surface area (Å²) in [4.78, 5) is 47.2. The van der Waals surface area contributed by atoms with Crippen LogP contribution in [-0.4, -0.2) is 43.4 Å². The molecule has 1 N–H and O–H groups in total. The first-order chi connectivity index (χ1) is 12.7. The molecule has 27 heavy (non-hydrogen) atoms. The number of amides is 1. The van der Waals surface area contributed by atoms with Gasteiger partial charge in [0, 0.05) is 17.0 Å². The van der Waals surface area contributed by atoms with E-state index in [9.17, 15) is 19.2 Å². The third-order valence-electron chi connectivity index (χ3n) is 3.61. The first kappa shape index (κ1) is 22.6. The maximum Gasteiger partial charge on any atom is 0.328 e. The second-order valence-corrected chi connectivity index (χ2v) is 6.80. The largest absolute Gasteiger partial charge is 0.467 e. The van der Waals surface area contributed by atoms with Crippen LogP contribution in [-0.2, 0) is 23.9 Å². The molecule has 0 aliphatic carbocycles. The summed E-state index contributed by atoms with van der Waals surface area (Å²) in [7, 11) is 1.24. The molecule has 7 nitrogen and oxygen atoms in total. The molecule has 0 aliphatic heterocycles. The Hall–Kier alpha value is -2.41. The molecule has 8 heteroatoms. The van der Waals surface area contributed by atoms with Crippen molar-refractivity contribution < 1.29 is 28.7 Å². The molecule has 1 atom stereocenters. The summed E-state index contributed by atoms with van der Waals surface area (Å²) in [5.41, 5.74) is 0.444. The molecule has 0 heterocycles. The summed E-state index contributed by atoms with van der Waals surface area (Å²) in [6.45, 7) is 3.28. The molecule has 0 aromatic heterocycles. The minimum Gasteiger partial charge on any atom is -0.467 e. The van der Waals surface area contributed by atoms with E-state index >= 15 is 0 Å². The number of rotatable bonds is 10. The molecular formula is C19H24ClNO6. The number of methoxy groups -OCH3 is 1. The van der Waals surface area contributed by atoms with Crippen molar-refractivity contribution in [2.45, 2.75) is 39.2 Å². The molecule has 0 saturated carbocycles. The Balaban J connectivity index is 2.39. The van der Waals surface area contributed by atoms with Gasteiger partial charge in [0.25, 0.3) is 5.91 Å². The van der Waals surface area contributed by atoms with Gasteiger partial charge in [-0.2, -0.15) is 0 Å².